The molecule has 1 N–H and O–H groups in total. The van der Waals surface area contributed by atoms with Gasteiger partial charge in [-0.05, 0) is 63.3 Å². The van der Waals surface area contributed by atoms with E-state index in [9.17, 15) is 14.4 Å². The van der Waals surface area contributed by atoms with E-state index in [4.69, 9.17) is 9.47 Å². The smallest absolute Gasteiger partial charge is 0.339 e. The van der Waals surface area contributed by atoms with Gasteiger partial charge >= 0.3 is 11.9 Å². The Labute approximate surface area is 217 Å². The van der Waals surface area contributed by atoms with E-state index in [-0.39, 0.29) is 34.5 Å². The SMILES string of the molecule is COC(=O)c1ccc(C(=O)OC)c(NC(=O)CSc2nnc(-c3csc4c3CCCC4)n2C(C)C)c1. The van der Waals surface area contributed by atoms with Crippen LogP contribution in [0.5, 0.6) is 0 Å². The number of nitrogens with zero attached hydrogens (tertiary/aromatic N) is 3. The number of fused-ring (bicyclic) bond motifs is 1. The minimum atomic E-state index is -0.627. The molecule has 3 aromatic rings. The Morgan fingerprint density at radius 2 is 1.86 bits per heavy atom. The molecule has 9 nitrogen and oxygen atoms in total. The molecule has 11 heteroatoms. The number of carbonyl (C=O) groups is 3. The van der Waals surface area contributed by atoms with Gasteiger partial charge in [-0.3, -0.25) is 9.36 Å². The van der Waals surface area contributed by atoms with Gasteiger partial charge in [0.05, 0.1) is 36.8 Å². The molecule has 0 fully saturated rings. The predicted octanol–water partition coefficient (Wildman–Crippen LogP) is 4.77. The number of benzene rings is 1. The summed E-state index contributed by atoms with van der Waals surface area (Å²) in [6.45, 7) is 4.13. The molecule has 1 aliphatic rings. The van der Waals surface area contributed by atoms with Gasteiger partial charge in [0.15, 0.2) is 11.0 Å². The van der Waals surface area contributed by atoms with Crippen molar-refractivity contribution < 1.29 is 23.9 Å². The lowest BCUT2D eigenvalue weighted by molar-refractivity contribution is -0.113. The summed E-state index contributed by atoms with van der Waals surface area (Å²) in [6.07, 6.45) is 4.57. The van der Waals surface area contributed by atoms with Crippen LogP contribution in [0.25, 0.3) is 11.4 Å². The number of hydrogen-bond acceptors (Lipinski definition) is 9. The van der Waals surface area contributed by atoms with Crippen LogP contribution in [-0.2, 0) is 27.1 Å². The summed E-state index contributed by atoms with van der Waals surface area (Å²) in [5.74, 6) is -0.705. The summed E-state index contributed by atoms with van der Waals surface area (Å²) in [7, 11) is 2.51. The second-order valence-corrected chi connectivity index (χ2v) is 10.5. The van der Waals surface area contributed by atoms with E-state index < -0.39 is 11.9 Å². The van der Waals surface area contributed by atoms with E-state index in [2.05, 4.69) is 39.3 Å². The number of thioether (sulfide) groups is 1. The summed E-state index contributed by atoms with van der Waals surface area (Å²) in [5, 5.41) is 14.4. The minimum Gasteiger partial charge on any atom is -0.465 e. The molecular weight excluding hydrogens is 500 g/mol. The molecule has 36 heavy (non-hydrogen) atoms. The lowest BCUT2D eigenvalue weighted by atomic mass is 9.95. The third-order valence-electron chi connectivity index (χ3n) is 5.94. The van der Waals surface area contributed by atoms with Crippen LogP contribution in [0.2, 0.25) is 0 Å². The van der Waals surface area contributed by atoms with Crippen LogP contribution in [-0.4, -0.2) is 52.6 Å². The number of nitrogens with one attached hydrogen (secondary N) is 1. The molecule has 0 bridgehead atoms. The highest BCUT2D eigenvalue weighted by Crippen LogP contribution is 2.38. The number of rotatable bonds is 8. The van der Waals surface area contributed by atoms with Crippen LogP contribution in [0.1, 0.15) is 63.9 Å². The van der Waals surface area contributed by atoms with Crippen molar-refractivity contribution in [1.29, 1.82) is 0 Å². The van der Waals surface area contributed by atoms with Crippen molar-refractivity contribution in [1.82, 2.24) is 14.8 Å². The standard InChI is InChI=1S/C25H28N4O5S2/c1-14(2)29-22(18-12-35-20-8-6-5-7-16(18)20)27-28-25(29)36-13-21(30)26-19-11-15(23(31)33-3)9-10-17(19)24(32)34-4/h9-12,14H,5-8,13H2,1-4H3,(H,26,30). The van der Waals surface area contributed by atoms with Crippen LogP contribution in [0.4, 0.5) is 5.69 Å². The topological polar surface area (TPSA) is 112 Å². The van der Waals surface area contributed by atoms with Gasteiger partial charge in [-0.15, -0.1) is 21.5 Å². The molecule has 0 saturated heterocycles. The van der Waals surface area contributed by atoms with Crippen molar-refractivity contribution in [3.05, 3.63) is 45.1 Å². The summed E-state index contributed by atoms with van der Waals surface area (Å²) in [6, 6.07) is 4.36. The molecule has 190 valence electrons. The zero-order chi connectivity index (χ0) is 25.8. The Kier molecular flexibility index (Phi) is 8.10. The molecule has 1 aromatic carbocycles. The van der Waals surface area contributed by atoms with Gasteiger partial charge in [-0.25, -0.2) is 9.59 Å². The highest BCUT2D eigenvalue weighted by atomic mass is 32.2. The Hall–Kier alpha value is -3.18. The Morgan fingerprint density at radius 3 is 2.58 bits per heavy atom. The van der Waals surface area contributed by atoms with Crippen molar-refractivity contribution in [2.24, 2.45) is 0 Å². The van der Waals surface area contributed by atoms with Crippen molar-refractivity contribution >= 4 is 46.6 Å². The lowest BCUT2D eigenvalue weighted by Gasteiger charge is -2.16. The number of aromatic nitrogens is 3. The van der Waals surface area contributed by atoms with Gasteiger partial charge in [-0.2, -0.15) is 0 Å². The zero-order valence-corrected chi connectivity index (χ0v) is 22.3. The Bertz CT molecular complexity index is 1300. The number of aryl methyl sites for hydroxylation is 1. The number of esters is 2. The maximum absolute atomic E-state index is 12.9. The normalized spacial score (nSPS) is 12.8. The van der Waals surface area contributed by atoms with Gasteiger partial charge in [0.1, 0.15) is 0 Å². The third kappa shape index (κ3) is 5.31. The molecule has 0 aliphatic heterocycles. The second-order valence-electron chi connectivity index (χ2n) is 8.61. The fourth-order valence-corrected chi connectivity index (χ4v) is 6.19. The van der Waals surface area contributed by atoms with Crippen molar-refractivity contribution in [2.45, 2.75) is 50.7 Å². The monoisotopic (exact) mass is 528 g/mol. The van der Waals surface area contributed by atoms with Gasteiger partial charge in [0, 0.05) is 21.9 Å². The lowest BCUT2D eigenvalue weighted by Crippen LogP contribution is -2.18. The maximum Gasteiger partial charge on any atom is 0.339 e. The number of methoxy groups -OCH3 is 2. The van der Waals surface area contributed by atoms with E-state index in [1.807, 2.05) is 0 Å². The molecule has 0 radical (unpaired) electrons. The van der Waals surface area contributed by atoms with E-state index in [1.165, 1.54) is 67.5 Å². The first-order valence-corrected chi connectivity index (χ1v) is 13.5. The summed E-state index contributed by atoms with van der Waals surface area (Å²) in [4.78, 5) is 38.4. The predicted molar refractivity (Wildman–Crippen MR) is 139 cm³/mol. The van der Waals surface area contributed by atoms with Gasteiger partial charge in [0.2, 0.25) is 5.91 Å². The van der Waals surface area contributed by atoms with E-state index in [0.717, 1.165) is 24.2 Å². The minimum absolute atomic E-state index is 0.0374. The second kappa shape index (κ2) is 11.3. The third-order valence-corrected chi connectivity index (χ3v) is 7.97. The first-order chi connectivity index (χ1) is 17.3. The number of amides is 1. The van der Waals surface area contributed by atoms with Crippen LogP contribution < -0.4 is 5.32 Å². The molecular formula is C25H28N4O5S2. The molecule has 1 aliphatic carbocycles. The quantitative estimate of drug-likeness (QED) is 0.329. The molecule has 0 unspecified atom stereocenters. The van der Waals surface area contributed by atoms with Crippen molar-refractivity contribution in [2.75, 3.05) is 25.3 Å². The van der Waals surface area contributed by atoms with E-state index in [1.54, 1.807) is 11.3 Å². The van der Waals surface area contributed by atoms with Crippen molar-refractivity contribution in [3.63, 3.8) is 0 Å². The number of thiophene rings is 1. The average Bonchev–Trinajstić information content (AvgIpc) is 3.50. The zero-order valence-electron chi connectivity index (χ0n) is 20.6. The Balaban J connectivity index is 1.53. The van der Waals surface area contributed by atoms with Gasteiger partial charge in [0.25, 0.3) is 0 Å². The van der Waals surface area contributed by atoms with Crippen LogP contribution in [0.15, 0.2) is 28.7 Å². The van der Waals surface area contributed by atoms with Gasteiger partial charge in [-0.1, -0.05) is 11.8 Å². The van der Waals surface area contributed by atoms with E-state index in [0.29, 0.717) is 5.16 Å². The van der Waals surface area contributed by atoms with Crippen LogP contribution >= 0.6 is 23.1 Å². The molecule has 2 heterocycles. The molecule has 0 spiro atoms. The summed E-state index contributed by atoms with van der Waals surface area (Å²) < 4.78 is 11.6. The summed E-state index contributed by atoms with van der Waals surface area (Å²) in [5.41, 5.74) is 3.02. The van der Waals surface area contributed by atoms with Gasteiger partial charge < -0.3 is 14.8 Å². The average molecular weight is 529 g/mol. The fourth-order valence-electron chi connectivity index (χ4n) is 4.20. The maximum atomic E-state index is 12.9. The molecule has 0 saturated carbocycles. The van der Waals surface area contributed by atoms with E-state index >= 15 is 0 Å². The molecule has 1 amide bonds. The highest BCUT2D eigenvalue weighted by Gasteiger charge is 2.24. The largest absolute Gasteiger partial charge is 0.465 e. The van der Waals surface area contributed by atoms with Crippen molar-refractivity contribution in [3.8, 4) is 11.4 Å². The summed E-state index contributed by atoms with van der Waals surface area (Å²) >= 11 is 3.05. The molecule has 4 rings (SSSR count). The Morgan fingerprint density at radius 1 is 1.11 bits per heavy atom. The molecule has 0 atom stereocenters. The first kappa shape index (κ1) is 25.9. The molecule has 2 aromatic heterocycles. The number of ether oxygens (including phenoxy) is 2. The van der Waals surface area contributed by atoms with Crippen LogP contribution in [0.3, 0.4) is 0 Å². The van der Waals surface area contributed by atoms with Crippen LogP contribution in [0, 0.1) is 0 Å². The number of carbonyl (C=O) groups excluding carboxylic acids is 3. The first-order valence-electron chi connectivity index (χ1n) is 11.6. The number of hydrogen-bond donors (Lipinski definition) is 1. The highest BCUT2D eigenvalue weighted by molar-refractivity contribution is 7.99. The number of anilines is 1. The fraction of sp³-hybridized carbons (Fsp3) is 0.400.